The van der Waals surface area contributed by atoms with Crippen LogP contribution in [-0.2, 0) is 19.0 Å². The third-order valence-corrected chi connectivity index (χ3v) is 4.07. The van der Waals surface area contributed by atoms with Gasteiger partial charge >= 0.3 is 5.97 Å². The minimum absolute atomic E-state index is 0.151. The van der Waals surface area contributed by atoms with Gasteiger partial charge in [0.2, 0.25) is 11.7 Å². The summed E-state index contributed by atoms with van der Waals surface area (Å²) >= 11 is 0. The first-order valence-corrected chi connectivity index (χ1v) is 10.9. The van der Waals surface area contributed by atoms with Gasteiger partial charge in [-0.15, -0.1) is 0 Å². The van der Waals surface area contributed by atoms with E-state index in [1.54, 1.807) is 9.80 Å². The molecular weight excluding hydrogens is 436 g/mol. The Kier molecular flexibility index (Phi) is 15.9. The summed E-state index contributed by atoms with van der Waals surface area (Å²) in [6.07, 6.45) is 0. The van der Waals surface area contributed by atoms with Gasteiger partial charge in [-0.3, -0.25) is 15.2 Å². The zero-order valence-corrected chi connectivity index (χ0v) is 20.2. The Morgan fingerprint density at radius 1 is 1.12 bits per heavy atom. The zero-order valence-electron chi connectivity index (χ0n) is 20.2. The molecule has 190 valence electrons. The monoisotopic (exact) mass is 474 g/mol. The van der Waals surface area contributed by atoms with Crippen LogP contribution in [0.2, 0.25) is 0 Å². The van der Waals surface area contributed by atoms with Gasteiger partial charge in [-0.2, -0.15) is 4.98 Å². The van der Waals surface area contributed by atoms with Crippen LogP contribution in [0.1, 0.15) is 27.7 Å². The van der Waals surface area contributed by atoms with Crippen LogP contribution in [0.4, 0.5) is 5.95 Å². The molecule has 0 atom stereocenters. The molecule has 13 nitrogen and oxygen atoms in total. The number of anilines is 1. The van der Waals surface area contributed by atoms with Crippen molar-refractivity contribution in [1.29, 1.82) is 5.41 Å². The number of carbonyl (C=O) groups excluding carboxylic acids is 1. The number of morpholine rings is 2. The Bertz CT molecular complexity index is 747. The van der Waals surface area contributed by atoms with E-state index >= 15 is 0 Å². The molecule has 5 N–H and O–H groups in total. The Hall–Kier alpha value is -3.06. The number of guanidine groups is 1. The van der Waals surface area contributed by atoms with Gasteiger partial charge in [0.15, 0.2) is 12.6 Å². The second-order valence-corrected chi connectivity index (χ2v) is 5.99. The fourth-order valence-electron chi connectivity index (χ4n) is 2.49. The van der Waals surface area contributed by atoms with Crippen LogP contribution < -0.4 is 20.9 Å². The molecule has 2 fully saturated rings. The number of methoxy groups -OCH3 is 1. The number of H-pyrrole nitrogens is 1. The Balaban J connectivity index is 0.000000658. The number of aromatic amines is 1. The molecule has 0 spiro atoms. The maximum Gasteiger partial charge on any atom is 0.343 e. The average Bonchev–Trinajstić information content (AvgIpc) is 2.87. The average molecular weight is 475 g/mol. The predicted octanol–water partition coefficient (Wildman–Crippen LogP) is 0.128. The van der Waals surface area contributed by atoms with Gasteiger partial charge in [0.05, 0.1) is 33.5 Å². The normalized spacial score (nSPS) is 14.8. The van der Waals surface area contributed by atoms with Crippen molar-refractivity contribution in [3.63, 3.8) is 0 Å². The van der Waals surface area contributed by atoms with E-state index in [9.17, 15) is 14.7 Å². The lowest BCUT2D eigenvalue weighted by Crippen LogP contribution is -2.44. The summed E-state index contributed by atoms with van der Waals surface area (Å²) in [5.74, 6) is -1.26. The van der Waals surface area contributed by atoms with Crippen molar-refractivity contribution < 1.29 is 28.8 Å². The topological polar surface area (TPSA) is 176 Å². The van der Waals surface area contributed by atoms with Gasteiger partial charge in [-0.1, -0.05) is 27.7 Å². The quantitative estimate of drug-likeness (QED) is 0.265. The summed E-state index contributed by atoms with van der Waals surface area (Å²) in [4.78, 5) is 32.7. The van der Waals surface area contributed by atoms with Crippen molar-refractivity contribution in [3.8, 4) is 11.6 Å². The number of nitrogens with two attached hydrogens (primary N) is 1. The molecule has 33 heavy (non-hydrogen) atoms. The molecule has 0 saturated carbocycles. The van der Waals surface area contributed by atoms with E-state index in [0.717, 1.165) is 13.1 Å². The van der Waals surface area contributed by atoms with Gasteiger partial charge in [-0.05, 0) is 0 Å². The van der Waals surface area contributed by atoms with Crippen molar-refractivity contribution in [2.24, 2.45) is 5.73 Å². The molecule has 0 amide bonds. The first-order valence-electron chi connectivity index (χ1n) is 10.9. The van der Waals surface area contributed by atoms with E-state index in [4.69, 9.17) is 25.4 Å². The third kappa shape index (κ3) is 10.9. The molecule has 0 unspecified atom stereocenters. The molecule has 0 radical (unpaired) electrons. The molecular formula is C20H38N6O7. The van der Waals surface area contributed by atoms with E-state index in [0.29, 0.717) is 39.5 Å². The lowest BCUT2D eigenvalue weighted by atomic mass is 10.4. The number of rotatable bonds is 4. The van der Waals surface area contributed by atoms with E-state index in [-0.39, 0.29) is 11.9 Å². The minimum atomic E-state index is -0.666. The van der Waals surface area contributed by atoms with Crippen LogP contribution in [0.15, 0.2) is 4.79 Å². The lowest BCUT2D eigenvalue weighted by molar-refractivity contribution is -0.142. The van der Waals surface area contributed by atoms with Crippen molar-refractivity contribution >= 4 is 17.9 Å². The first kappa shape index (κ1) is 29.9. The molecule has 0 bridgehead atoms. The molecule has 0 aromatic carbocycles. The molecule has 3 heterocycles. The summed E-state index contributed by atoms with van der Waals surface area (Å²) < 4.78 is 19.5. The molecule has 0 aliphatic carbocycles. The van der Waals surface area contributed by atoms with Crippen molar-refractivity contribution in [2.75, 3.05) is 71.2 Å². The number of hydrogen-bond acceptors (Lipinski definition) is 10. The summed E-state index contributed by atoms with van der Waals surface area (Å²) in [7, 11) is 1.19. The maximum absolute atomic E-state index is 11.8. The highest BCUT2D eigenvalue weighted by Gasteiger charge is 2.19. The fraction of sp³-hybridized carbons (Fsp3) is 0.700. The van der Waals surface area contributed by atoms with E-state index < -0.39 is 29.8 Å². The maximum atomic E-state index is 11.8. The van der Waals surface area contributed by atoms with Crippen LogP contribution in [0, 0.1) is 5.41 Å². The number of ether oxygens (including phenoxy) is 4. The first-order chi connectivity index (χ1) is 15.9. The van der Waals surface area contributed by atoms with E-state index in [1.807, 2.05) is 27.7 Å². The Morgan fingerprint density at radius 3 is 2.06 bits per heavy atom. The van der Waals surface area contributed by atoms with Crippen molar-refractivity contribution in [3.05, 3.63) is 10.4 Å². The highest BCUT2D eigenvalue weighted by atomic mass is 16.6. The van der Waals surface area contributed by atoms with Crippen LogP contribution in [0.3, 0.4) is 0 Å². The van der Waals surface area contributed by atoms with Crippen LogP contribution >= 0.6 is 0 Å². The highest BCUT2D eigenvalue weighted by Crippen LogP contribution is 2.20. The molecule has 1 aromatic heterocycles. The largest absolute Gasteiger partial charge is 0.490 e. The smallest absolute Gasteiger partial charge is 0.343 e. The van der Waals surface area contributed by atoms with Gasteiger partial charge in [0, 0.05) is 26.2 Å². The van der Waals surface area contributed by atoms with E-state index in [1.165, 1.54) is 7.11 Å². The molecule has 2 aliphatic rings. The number of nitrogens with one attached hydrogen (secondary N) is 2. The summed E-state index contributed by atoms with van der Waals surface area (Å²) in [6, 6.07) is 0. The zero-order chi connectivity index (χ0) is 25.2. The fourth-order valence-corrected chi connectivity index (χ4v) is 2.49. The van der Waals surface area contributed by atoms with E-state index in [2.05, 4.69) is 14.7 Å². The summed E-state index contributed by atoms with van der Waals surface area (Å²) in [5.41, 5.74) is 4.56. The van der Waals surface area contributed by atoms with Crippen molar-refractivity contribution in [1.82, 2.24) is 14.9 Å². The third-order valence-electron chi connectivity index (χ3n) is 4.07. The Labute approximate surface area is 194 Å². The van der Waals surface area contributed by atoms with Gasteiger partial charge in [0.1, 0.15) is 0 Å². The molecule has 13 heteroatoms. The minimum Gasteiger partial charge on any atom is -0.490 e. The van der Waals surface area contributed by atoms with Gasteiger partial charge in [0.25, 0.3) is 11.4 Å². The molecule has 2 aliphatic heterocycles. The van der Waals surface area contributed by atoms with Gasteiger partial charge in [-0.25, -0.2) is 4.79 Å². The number of esters is 1. The predicted molar refractivity (Wildman–Crippen MR) is 124 cm³/mol. The lowest BCUT2D eigenvalue weighted by Gasteiger charge is -2.27. The van der Waals surface area contributed by atoms with Crippen LogP contribution in [0.25, 0.3) is 0 Å². The highest BCUT2D eigenvalue weighted by molar-refractivity contribution is 5.74. The van der Waals surface area contributed by atoms with Crippen molar-refractivity contribution in [2.45, 2.75) is 27.7 Å². The van der Waals surface area contributed by atoms with Gasteiger partial charge < -0.3 is 39.6 Å². The number of aromatic nitrogens is 2. The van der Waals surface area contributed by atoms with Crippen LogP contribution in [-0.4, -0.2) is 98.2 Å². The second kappa shape index (κ2) is 17.5. The Morgan fingerprint density at radius 2 is 1.64 bits per heavy atom. The molecule has 2 saturated heterocycles. The number of hydrogen-bond donors (Lipinski definition) is 4. The van der Waals surface area contributed by atoms with Crippen LogP contribution in [0.5, 0.6) is 11.6 Å². The number of carbonyl (C=O) groups is 1. The summed E-state index contributed by atoms with van der Waals surface area (Å²) in [5, 5.41) is 16.8. The number of aromatic hydroxyl groups is 1. The number of nitrogens with zero attached hydrogens (tertiary/aromatic N) is 3. The SMILES string of the molecule is CC.CC.COC(=O)COc1c(O)nc(N2CCOCC2)[nH]c1=O.N=C(N)N1CCOCC1. The molecule has 3 rings (SSSR count). The summed E-state index contributed by atoms with van der Waals surface area (Å²) in [6.45, 7) is 12.6. The molecule has 1 aromatic rings. The standard InChI is InChI=1S/C11H15N3O6.C5H11N3O.2C2H6/c1-18-7(15)6-20-8-9(16)12-11(13-10(8)17)14-2-4-19-5-3-14;6-5(7)8-1-3-9-4-2-8;2*1-2/h2-6H2,1H3,(H2,12,13,16,17);1-4H2,(H3,6,7);2*1-2H3. The second-order valence-electron chi connectivity index (χ2n) is 5.99.